The zero-order valence-corrected chi connectivity index (χ0v) is 15.7. The lowest BCUT2D eigenvalue weighted by Gasteiger charge is -2.25. The predicted molar refractivity (Wildman–Crippen MR) is 102 cm³/mol. The number of aromatic amines is 1. The fourth-order valence-electron chi connectivity index (χ4n) is 2.63. The zero-order valence-electron chi connectivity index (χ0n) is 14.9. The summed E-state index contributed by atoms with van der Waals surface area (Å²) in [5.74, 6) is 0.206. The number of carbonyl (C=O) groups excluding carboxylic acids is 1. The highest BCUT2D eigenvalue weighted by Crippen LogP contribution is 2.15. The van der Waals surface area contributed by atoms with Gasteiger partial charge in [-0.25, -0.2) is 9.78 Å². The largest absolute Gasteiger partial charge is 0.480 e. The van der Waals surface area contributed by atoms with Crippen LogP contribution in [0.15, 0.2) is 29.1 Å². The lowest BCUT2D eigenvalue weighted by Crippen LogP contribution is -2.52. The summed E-state index contributed by atoms with van der Waals surface area (Å²) in [6, 6.07) is 7.12. The van der Waals surface area contributed by atoms with Crippen LogP contribution in [0.25, 0.3) is 10.9 Å². The van der Waals surface area contributed by atoms with Crippen LogP contribution in [-0.2, 0) is 15.3 Å². The predicted octanol–water partition coefficient (Wildman–Crippen LogP) is 2.31. The van der Waals surface area contributed by atoms with Crippen LogP contribution in [0.3, 0.4) is 0 Å². The molecular weight excluding hydrogens is 354 g/mol. The number of nitrogens with zero attached hydrogens (tertiary/aromatic N) is 1. The Morgan fingerprint density at radius 2 is 2.08 bits per heavy atom. The number of amides is 1. The molecule has 8 heteroatoms. The smallest absolute Gasteiger partial charge is 0.329 e. The Hall–Kier alpha value is -2.35. The number of fused-ring (bicyclic) bond motifs is 1. The van der Waals surface area contributed by atoms with Crippen LogP contribution in [0.2, 0.25) is 0 Å². The first-order valence-electron chi connectivity index (χ1n) is 8.46. The first-order valence-corrected chi connectivity index (χ1v) is 9.61. The SMILES string of the molecule is CCCC(C)(NC(=O)CCSCc1nc2ccccc2c(=O)[nH]1)C(=O)O. The third kappa shape index (κ3) is 5.08. The molecule has 0 aliphatic rings. The third-order valence-electron chi connectivity index (χ3n) is 4.01. The molecule has 1 atom stereocenters. The topological polar surface area (TPSA) is 112 Å². The highest BCUT2D eigenvalue weighted by molar-refractivity contribution is 7.98. The first kappa shape index (κ1) is 20.0. The van der Waals surface area contributed by atoms with Gasteiger partial charge in [-0.3, -0.25) is 9.59 Å². The number of rotatable bonds is 9. The van der Waals surface area contributed by atoms with Gasteiger partial charge in [0, 0.05) is 12.2 Å². The maximum absolute atomic E-state index is 12.0. The van der Waals surface area contributed by atoms with Crippen LogP contribution in [0.4, 0.5) is 0 Å². The minimum absolute atomic E-state index is 0.180. The van der Waals surface area contributed by atoms with E-state index in [1.807, 2.05) is 13.0 Å². The average molecular weight is 377 g/mol. The summed E-state index contributed by atoms with van der Waals surface area (Å²) < 4.78 is 0. The monoisotopic (exact) mass is 377 g/mol. The second-order valence-corrected chi connectivity index (χ2v) is 7.37. The number of aliphatic carboxylic acids is 1. The number of para-hydroxylation sites is 1. The van der Waals surface area contributed by atoms with Gasteiger partial charge in [-0.2, -0.15) is 11.8 Å². The molecule has 7 nitrogen and oxygen atoms in total. The van der Waals surface area contributed by atoms with Gasteiger partial charge in [-0.1, -0.05) is 25.5 Å². The molecule has 2 aromatic rings. The molecule has 26 heavy (non-hydrogen) atoms. The molecule has 0 bridgehead atoms. The summed E-state index contributed by atoms with van der Waals surface area (Å²) in [5, 5.41) is 12.4. The van der Waals surface area contributed by atoms with E-state index in [1.54, 1.807) is 18.2 Å². The lowest BCUT2D eigenvalue weighted by atomic mass is 9.96. The molecule has 0 fully saturated rings. The quantitative estimate of drug-likeness (QED) is 0.578. The van der Waals surface area contributed by atoms with Gasteiger partial charge < -0.3 is 15.4 Å². The van der Waals surface area contributed by atoms with Crippen molar-refractivity contribution in [1.29, 1.82) is 0 Å². The van der Waals surface area contributed by atoms with E-state index in [1.165, 1.54) is 18.7 Å². The van der Waals surface area contributed by atoms with Crippen molar-refractivity contribution >= 4 is 34.5 Å². The standard InChI is InChI=1S/C18H23N3O4S/c1-3-9-18(2,17(24)25)21-15(22)8-10-26-11-14-19-13-7-5-4-6-12(13)16(23)20-14/h4-7H,3,8-11H2,1-2H3,(H,21,22)(H,24,25)(H,19,20,23). The molecule has 3 N–H and O–H groups in total. The Bertz CT molecular complexity index is 852. The van der Waals surface area contributed by atoms with E-state index < -0.39 is 11.5 Å². The maximum Gasteiger partial charge on any atom is 0.329 e. The number of H-pyrrole nitrogens is 1. The fraction of sp³-hybridized carbons (Fsp3) is 0.444. The molecule has 1 aromatic heterocycles. The molecule has 2 rings (SSSR count). The van der Waals surface area contributed by atoms with Gasteiger partial charge in [-0.05, 0) is 25.5 Å². The minimum atomic E-state index is -1.23. The van der Waals surface area contributed by atoms with Crippen LogP contribution < -0.4 is 10.9 Å². The normalized spacial score (nSPS) is 13.3. The van der Waals surface area contributed by atoms with Gasteiger partial charge in [0.1, 0.15) is 11.4 Å². The van der Waals surface area contributed by atoms with E-state index >= 15 is 0 Å². The van der Waals surface area contributed by atoms with Crippen molar-refractivity contribution in [3.8, 4) is 0 Å². The Labute approximate surface area is 155 Å². The summed E-state index contributed by atoms with van der Waals surface area (Å²) in [5.41, 5.74) is -0.774. The van der Waals surface area contributed by atoms with E-state index in [9.17, 15) is 19.5 Å². The number of nitrogens with one attached hydrogen (secondary N) is 2. The van der Waals surface area contributed by atoms with E-state index in [4.69, 9.17) is 0 Å². The molecule has 1 amide bonds. The van der Waals surface area contributed by atoms with Gasteiger partial charge in [0.05, 0.1) is 16.7 Å². The van der Waals surface area contributed by atoms with Crippen molar-refractivity contribution in [2.24, 2.45) is 0 Å². The average Bonchev–Trinajstić information content (AvgIpc) is 2.59. The van der Waals surface area contributed by atoms with Gasteiger partial charge in [0.25, 0.3) is 5.56 Å². The number of hydrogen-bond donors (Lipinski definition) is 3. The molecule has 0 saturated heterocycles. The van der Waals surface area contributed by atoms with Crippen LogP contribution in [0.5, 0.6) is 0 Å². The summed E-state index contributed by atoms with van der Waals surface area (Å²) in [7, 11) is 0. The second kappa shape index (κ2) is 8.84. The Morgan fingerprint density at radius 1 is 1.35 bits per heavy atom. The molecule has 1 aromatic carbocycles. The van der Waals surface area contributed by atoms with E-state index in [0.29, 0.717) is 41.1 Å². The molecule has 140 valence electrons. The van der Waals surface area contributed by atoms with E-state index in [0.717, 1.165) is 0 Å². The Kier molecular flexibility index (Phi) is 6.79. The summed E-state index contributed by atoms with van der Waals surface area (Å²) in [6.45, 7) is 3.40. The van der Waals surface area contributed by atoms with E-state index in [-0.39, 0.29) is 17.9 Å². The molecule has 0 radical (unpaired) electrons. The van der Waals surface area contributed by atoms with E-state index in [2.05, 4.69) is 15.3 Å². The highest BCUT2D eigenvalue weighted by Gasteiger charge is 2.33. The molecular formula is C18H23N3O4S. The van der Waals surface area contributed by atoms with Gasteiger partial charge in [0.15, 0.2) is 0 Å². The molecule has 0 spiro atoms. The van der Waals surface area contributed by atoms with Crippen LogP contribution in [0.1, 0.15) is 38.9 Å². The van der Waals surface area contributed by atoms with Crippen LogP contribution >= 0.6 is 11.8 Å². The fourth-order valence-corrected chi connectivity index (χ4v) is 3.43. The first-order chi connectivity index (χ1) is 12.4. The lowest BCUT2D eigenvalue weighted by molar-refractivity contribution is -0.147. The summed E-state index contributed by atoms with van der Waals surface area (Å²) in [6.07, 6.45) is 1.25. The van der Waals surface area contributed by atoms with Crippen LogP contribution in [-0.4, -0.2) is 38.2 Å². The van der Waals surface area contributed by atoms with Crippen molar-refractivity contribution in [2.75, 3.05) is 5.75 Å². The van der Waals surface area contributed by atoms with Crippen molar-refractivity contribution in [2.45, 2.75) is 44.4 Å². The molecule has 1 unspecified atom stereocenters. The number of hydrogen-bond acceptors (Lipinski definition) is 5. The number of benzene rings is 1. The van der Waals surface area contributed by atoms with Gasteiger partial charge in [0.2, 0.25) is 5.91 Å². The van der Waals surface area contributed by atoms with Crippen molar-refractivity contribution in [1.82, 2.24) is 15.3 Å². The number of carboxylic acid groups (broad SMARTS) is 1. The van der Waals surface area contributed by atoms with Gasteiger partial charge >= 0.3 is 5.97 Å². The Morgan fingerprint density at radius 3 is 2.77 bits per heavy atom. The summed E-state index contributed by atoms with van der Waals surface area (Å²) in [4.78, 5) is 42.5. The Balaban J connectivity index is 1.86. The van der Waals surface area contributed by atoms with Crippen molar-refractivity contribution < 1.29 is 14.7 Å². The van der Waals surface area contributed by atoms with Crippen LogP contribution in [0, 0.1) is 0 Å². The van der Waals surface area contributed by atoms with Crippen molar-refractivity contribution in [3.63, 3.8) is 0 Å². The third-order valence-corrected chi connectivity index (χ3v) is 4.98. The second-order valence-electron chi connectivity index (χ2n) is 6.27. The number of aromatic nitrogens is 2. The minimum Gasteiger partial charge on any atom is -0.480 e. The zero-order chi connectivity index (χ0) is 19.2. The number of carbonyl (C=O) groups is 2. The molecule has 0 aliphatic heterocycles. The van der Waals surface area contributed by atoms with Gasteiger partial charge in [-0.15, -0.1) is 0 Å². The molecule has 1 heterocycles. The summed E-state index contributed by atoms with van der Waals surface area (Å²) >= 11 is 1.46. The number of carboxylic acids is 1. The number of thioether (sulfide) groups is 1. The highest BCUT2D eigenvalue weighted by atomic mass is 32.2. The van der Waals surface area contributed by atoms with Crippen molar-refractivity contribution in [3.05, 3.63) is 40.4 Å². The molecule has 0 aliphatic carbocycles. The molecule has 0 saturated carbocycles. The maximum atomic E-state index is 12.0.